The van der Waals surface area contributed by atoms with E-state index in [2.05, 4.69) is 10.3 Å². The second kappa shape index (κ2) is 7.69. The molecule has 2 heterocycles. The summed E-state index contributed by atoms with van der Waals surface area (Å²) in [4.78, 5) is 29.6. The Morgan fingerprint density at radius 2 is 1.90 bits per heavy atom. The summed E-state index contributed by atoms with van der Waals surface area (Å²) in [5, 5.41) is 13.9. The molecule has 0 saturated heterocycles. The molecular formula is C24H27N3O3. The van der Waals surface area contributed by atoms with E-state index in [-0.39, 0.29) is 17.4 Å². The van der Waals surface area contributed by atoms with Gasteiger partial charge in [-0.3, -0.25) is 9.59 Å². The number of pyridine rings is 2. The lowest BCUT2D eigenvalue weighted by atomic mass is 9.91. The maximum atomic E-state index is 13.2. The molecule has 6 heteroatoms. The Hall–Kier alpha value is -2.99. The Bertz CT molecular complexity index is 1190. The van der Waals surface area contributed by atoms with Gasteiger partial charge in [0.25, 0.3) is 5.56 Å². The molecule has 1 aliphatic rings. The van der Waals surface area contributed by atoms with Gasteiger partial charge < -0.3 is 15.0 Å². The molecule has 1 saturated carbocycles. The number of nitrogens with one attached hydrogen (secondary N) is 1. The molecule has 3 aromatic rings. The number of carbonyl (C=O) groups is 1. The van der Waals surface area contributed by atoms with Gasteiger partial charge in [0.2, 0.25) is 5.91 Å². The van der Waals surface area contributed by atoms with Gasteiger partial charge in [0.15, 0.2) is 0 Å². The molecule has 0 aliphatic heterocycles. The highest BCUT2D eigenvalue weighted by atomic mass is 16.3. The number of fused-ring (bicyclic) bond motifs is 1. The minimum absolute atomic E-state index is 0.0101. The number of aryl methyl sites for hydroxylation is 3. The Morgan fingerprint density at radius 1 is 1.23 bits per heavy atom. The normalized spacial score (nSPS) is 14.7. The van der Waals surface area contributed by atoms with Gasteiger partial charge in [0.05, 0.1) is 11.6 Å². The molecule has 1 amide bonds. The summed E-state index contributed by atoms with van der Waals surface area (Å²) in [5.41, 5.74) is 4.88. The van der Waals surface area contributed by atoms with Gasteiger partial charge in [-0.1, -0.05) is 19.1 Å². The first-order chi connectivity index (χ1) is 14.3. The van der Waals surface area contributed by atoms with Crippen molar-refractivity contribution in [3.8, 4) is 11.1 Å². The molecule has 1 fully saturated rings. The van der Waals surface area contributed by atoms with Crippen LogP contribution in [0.2, 0.25) is 0 Å². The number of anilines is 1. The van der Waals surface area contributed by atoms with E-state index < -0.39 is 6.10 Å². The Labute approximate surface area is 175 Å². The zero-order valence-electron chi connectivity index (χ0n) is 17.8. The molecule has 1 unspecified atom stereocenters. The highest BCUT2D eigenvalue weighted by Gasteiger charge is 2.29. The third kappa shape index (κ3) is 3.63. The number of hydrogen-bond donors (Lipinski definition) is 2. The summed E-state index contributed by atoms with van der Waals surface area (Å²) < 4.78 is 1.60. The fourth-order valence-corrected chi connectivity index (χ4v) is 4.04. The highest BCUT2D eigenvalue weighted by Crippen LogP contribution is 2.32. The van der Waals surface area contributed by atoms with Crippen molar-refractivity contribution in [3.05, 3.63) is 57.5 Å². The number of amides is 1. The van der Waals surface area contributed by atoms with E-state index in [1.54, 1.807) is 23.9 Å². The van der Waals surface area contributed by atoms with Crippen LogP contribution in [-0.2, 0) is 11.8 Å². The van der Waals surface area contributed by atoms with Gasteiger partial charge in [-0.15, -0.1) is 0 Å². The van der Waals surface area contributed by atoms with Gasteiger partial charge >= 0.3 is 0 Å². The lowest BCUT2D eigenvalue weighted by Crippen LogP contribution is -2.20. The Balaban J connectivity index is 1.80. The first-order valence-corrected chi connectivity index (χ1v) is 10.4. The smallest absolute Gasteiger partial charge is 0.258 e. The van der Waals surface area contributed by atoms with E-state index in [1.807, 2.05) is 39.0 Å². The molecule has 2 aromatic heterocycles. The number of hydrogen-bond acceptors (Lipinski definition) is 4. The number of aliphatic hydroxyl groups is 1. The minimum Gasteiger partial charge on any atom is -0.388 e. The van der Waals surface area contributed by atoms with E-state index in [0.29, 0.717) is 17.8 Å². The average Bonchev–Trinajstić information content (AvgIpc) is 3.56. The number of carbonyl (C=O) groups excluding carboxylic acids is 1. The summed E-state index contributed by atoms with van der Waals surface area (Å²) in [6, 6.07) is 7.52. The van der Waals surface area contributed by atoms with Gasteiger partial charge in [0, 0.05) is 36.2 Å². The van der Waals surface area contributed by atoms with Crippen molar-refractivity contribution in [2.45, 2.75) is 46.1 Å². The SMILES string of the molecule is CCC(O)c1cc(C)c(-c2cc3cnc(NC(=O)C4CC4)cc3n(C)c2=O)c(C)c1. The topological polar surface area (TPSA) is 84.2 Å². The summed E-state index contributed by atoms with van der Waals surface area (Å²) in [6.45, 7) is 5.87. The molecule has 1 aromatic carbocycles. The molecule has 0 radical (unpaired) electrons. The first kappa shape index (κ1) is 20.3. The summed E-state index contributed by atoms with van der Waals surface area (Å²) >= 11 is 0. The van der Waals surface area contributed by atoms with Crippen molar-refractivity contribution >= 4 is 22.6 Å². The molecule has 6 nitrogen and oxygen atoms in total. The summed E-state index contributed by atoms with van der Waals surface area (Å²) in [7, 11) is 1.74. The third-order valence-electron chi connectivity index (χ3n) is 5.90. The number of rotatable bonds is 5. The molecule has 0 spiro atoms. The van der Waals surface area contributed by atoms with Gasteiger partial charge in [-0.2, -0.15) is 0 Å². The predicted molar refractivity (Wildman–Crippen MR) is 118 cm³/mol. The van der Waals surface area contributed by atoms with E-state index in [0.717, 1.165) is 46.0 Å². The third-order valence-corrected chi connectivity index (χ3v) is 5.90. The maximum absolute atomic E-state index is 13.2. The minimum atomic E-state index is -0.510. The van der Waals surface area contributed by atoms with Crippen LogP contribution in [0.4, 0.5) is 5.82 Å². The monoisotopic (exact) mass is 405 g/mol. The van der Waals surface area contributed by atoms with Gasteiger partial charge in [0.1, 0.15) is 5.82 Å². The van der Waals surface area contributed by atoms with Crippen molar-refractivity contribution in [1.29, 1.82) is 0 Å². The van der Waals surface area contributed by atoms with Crippen LogP contribution < -0.4 is 10.9 Å². The van der Waals surface area contributed by atoms with Crippen LogP contribution in [0.15, 0.2) is 35.3 Å². The lowest BCUT2D eigenvalue weighted by molar-refractivity contribution is -0.117. The van der Waals surface area contributed by atoms with Gasteiger partial charge in [-0.25, -0.2) is 4.98 Å². The molecule has 156 valence electrons. The van der Waals surface area contributed by atoms with Crippen molar-refractivity contribution < 1.29 is 9.90 Å². The number of aliphatic hydroxyl groups excluding tert-OH is 1. The van der Waals surface area contributed by atoms with Crippen LogP contribution in [0.3, 0.4) is 0 Å². The zero-order valence-corrected chi connectivity index (χ0v) is 17.8. The van der Waals surface area contributed by atoms with E-state index in [9.17, 15) is 14.7 Å². The van der Waals surface area contributed by atoms with Crippen molar-refractivity contribution in [2.75, 3.05) is 5.32 Å². The van der Waals surface area contributed by atoms with Crippen LogP contribution in [0, 0.1) is 19.8 Å². The lowest BCUT2D eigenvalue weighted by Gasteiger charge is -2.17. The fraction of sp³-hybridized carbons (Fsp3) is 0.375. The molecule has 2 N–H and O–H groups in total. The standard InChI is InChI=1S/C24H27N3O3/c1-5-20(28)16-8-13(2)22(14(3)9-16)18-10-17-12-25-21(26-23(29)15-6-7-15)11-19(17)27(4)24(18)30/h8-12,15,20,28H,5-7H2,1-4H3,(H,25,26,29). The van der Waals surface area contributed by atoms with Crippen LogP contribution in [0.25, 0.3) is 22.0 Å². The second-order valence-electron chi connectivity index (χ2n) is 8.27. The number of aromatic nitrogens is 2. The van der Waals surface area contributed by atoms with E-state index in [1.165, 1.54) is 0 Å². The largest absolute Gasteiger partial charge is 0.388 e. The first-order valence-electron chi connectivity index (χ1n) is 10.4. The van der Waals surface area contributed by atoms with Crippen molar-refractivity contribution in [3.63, 3.8) is 0 Å². The summed E-state index contributed by atoms with van der Waals surface area (Å²) in [6.07, 6.45) is 3.67. The maximum Gasteiger partial charge on any atom is 0.258 e. The van der Waals surface area contributed by atoms with Crippen molar-refractivity contribution in [2.24, 2.45) is 13.0 Å². The number of benzene rings is 1. The fourth-order valence-electron chi connectivity index (χ4n) is 4.04. The molecule has 0 bridgehead atoms. The molecule has 4 rings (SSSR count). The predicted octanol–water partition coefficient (Wildman–Crippen LogP) is 4.01. The quantitative estimate of drug-likeness (QED) is 0.672. The van der Waals surface area contributed by atoms with E-state index >= 15 is 0 Å². The molecular weight excluding hydrogens is 378 g/mol. The Morgan fingerprint density at radius 3 is 2.50 bits per heavy atom. The second-order valence-corrected chi connectivity index (χ2v) is 8.27. The zero-order chi connectivity index (χ0) is 21.6. The van der Waals surface area contributed by atoms with Crippen LogP contribution in [0.5, 0.6) is 0 Å². The highest BCUT2D eigenvalue weighted by molar-refractivity contribution is 5.95. The van der Waals surface area contributed by atoms with Crippen LogP contribution in [-0.4, -0.2) is 20.6 Å². The summed E-state index contributed by atoms with van der Waals surface area (Å²) in [5.74, 6) is 0.547. The van der Waals surface area contributed by atoms with Gasteiger partial charge in [-0.05, 0) is 61.4 Å². The average molecular weight is 405 g/mol. The van der Waals surface area contributed by atoms with Crippen LogP contribution >= 0.6 is 0 Å². The molecule has 1 aliphatic carbocycles. The molecule has 30 heavy (non-hydrogen) atoms. The Kier molecular flexibility index (Phi) is 5.20. The van der Waals surface area contributed by atoms with Crippen molar-refractivity contribution in [1.82, 2.24) is 9.55 Å². The van der Waals surface area contributed by atoms with E-state index in [4.69, 9.17) is 0 Å². The molecule has 1 atom stereocenters. The number of nitrogens with zero attached hydrogens (tertiary/aromatic N) is 2. The van der Waals surface area contributed by atoms with Crippen LogP contribution in [0.1, 0.15) is 49.0 Å².